The Kier molecular flexibility index (Phi) is 6.64. The Labute approximate surface area is 147 Å². The first kappa shape index (κ1) is 19.1. The molecule has 1 aliphatic heterocycles. The number of carbonyl (C=O) groups is 2. The normalized spacial score (nSPS) is 20.7. The van der Waals surface area contributed by atoms with Gasteiger partial charge in [0.15, 0.2) is 11.5 Å². The maximum absolute atomic E-state index is 12.9. The molecular weight excluding hydrogens is 324 g/mol. The maximum atomic E-state index is 12.9. The molecule has 0 radical (unpaired) electrons. The van der Waals surface area contributed by atoms with E-state index in [2.05, 4.69) is 0 Å². The van der Waals surface area contributed by atoms with Crippen LogP contribution in [-0.4, -0.2) is 54.2 Å². The zero-order valence-electron chi connectivity index (χ0n) is 14.7. The number of benzene rings is 1. The van der Waals surface area contributed by atoms with Gasteiger partial charge in [0.05, 0.1) is 19.1 Å². The van der Waals surface area contributed by atoms with Crippen LogP contribution in [-0.2, 0) is 4.79 Å². The molecule has 1 aromatic carbocycles. The monoisotopic (exact) mass is 350 g/mol. The van der Waals surface area contributed by atoms with Crippen molar-refractivity contribution in [3.8, 4) is 11.5 Å². The van der Waals surface area contributed by atoms with Gasteiger partial charge in [-0.3, -0.25) is 9.59 Å². The van der Waals surface area contributed by atoms with E-state index in [0.29, 0.717) is 49.7 Å². The van der Waals surface area contributed by atoms with Crippen molar-refractivity contribution in [2.75, 3.05) is 26.3 Å². The Morgan fingerprint density at radius 3 is 2.48 bits per heavy atom. The number of carboxylic acids is 1. The number of likely N-dealkylation sites (tertiary alicyclic amines) is 1. The van der Waals surface area contributed by atoms with E-state index in [1.807, 2.05) is 13.8 Å². The molecule has 2 atom stereocenters. The van der Waals surface area contributed by atoms with E-state index >= 15 is 0 Å². The van der Waals surface area contributed by atoms with Gasteiger partial charge in [0.25, 0.3) is 5.91 Å². The van der Waals surface area contributed by atoms with Crippen molar-refractivity contribution in [2.45, 2.75) is 32.7 Å². The SMILES string of the molecule is CCOc1ccc(C(=O)N2C[C@H](N)CC[C@H](C(=O)O)C2)cc1OCC. The lowest BCUT2D eigenvalue weighted by molar-refractivity contribution is -0.142. The lowest BCUT2D eigenvalue weighted by atomic mass is 10.0. The highest BCUT2D eigenvalue weighted by molar-refractivity contribution is 5.95. The molecule has 0 spiro atoms. The third-order valence-corrected chi connectivity index (χ3v) is 4.21. The highest BCUT2D eigenvalue weighted by Gasteiger charge is 2.30. The molecule has 0 saturated carbocycles. The minimum Gasteiger partial charge on any atom is -0.490 e. The van der Waals surface area contributed by atoms with Gasteiger partial charge in [0, 0.05) is 24.7 Å². The first-order chi connectivity index (χ1) is 12.0. The van der Waals surface area contributed by atoms with Gasteiger partial charge in [-0.25, -0.2) is 0 Å². The second-order valence-corrected chi connectivity index (χ2v) is 6.11. The number of amides is 1. The highest BCUT2D eigenvalue weighted by Crippen LogP contribution is 2.29. The molecule has 7 nitrogen and oxygen atoms in total. The number of nitrogens with two attached hydrogens (primary N) is 1. The lowest BCUT2D eigenvalue weighted by Crippen LogP contribution is -2.41. The van der Waals surface area contributed by atoms with Crippen LogP contribution in [0.4, 0.5) is 0 Å². The fourth-order valence-corrected chi connectivity index (χ4v) is 2.96. The summed E-state index contributed by atoms with van der Waals surface area (Å²) in [6.07, 6.45) is 1.07. The van der Waals surface area contributed by atoms with Gasteiger partial charge in [0.2, 0.25) is 0 Å². The number of rotatable bonds is 6. The number of hydrogen-bond donors (Lipinski definition) is 2. The summed E-state index contributed by atoms with van der Waals surface area (Å²) in [5, 5.41) is 9.31. The second-order valence-electron chi connectivity index (χ2n) is 6.11. The summed E-state index contributed by atoms with van der Waals surface area (Å²) in [4.78, 5) is 25.8. The molecule has 7 heteroatoms. The summed E-state index contributed by atoms with van der Waals surface area (Å²) in [5.74, 6) is -0.645. The number of hydrogen-bond acceptors (Lipinski definition) is 5. The Morgan fingerprint density at radius 2 is 1.84 bits per heavy atom. The number of aliphatic carboxylic acids is 1. The molecule has 1 saturated heterocycles. The third-order valence-electron chi connectivity index (χ3n) is 4.21. The van der Waals surface area contributed by atoms with Gasteiger partial charge in [-0.2, -0.15) is 0 Å². The molecule has 1 amide bonds. The fourth-order valence-electron chi connectivity index (χ4n) is 2.96. The van der Waals surface area contributed by atoms with E-state index < -0.39 is 11.9 Å². The molecule has 138 valence electrons. The fraction of sp³-hybridized carbons (Fsp3) is 0.556. The van der Waals surface area contributed by atoms with Gasteiger partial charge in [-0.05, 0) is 44.9 Å². The van der Waals surface area contributed by atoms with Gasteiger partial charge >= 0.3 is 5.97 Å². The predicted octanol–water partition coefficient (Wildman–Crippen LogP) is 1.75. The number of carbonyl (C=O) groups excluding carboxylic acids is 1. The van der Waals surface area contributed by atoms with Crippen molar-refractivity contribution >= 4 is 11.9 Å². The van der Waals surface area contributed by atoms with Crippen LogP contribution in [0.25, 0.3) is 0 Å². The van der Waals surface area contributed by atoms with Crippen molar-refractivity contribution in [3.05, 3.63) is 23.8 Å². The van der Waals surface area contributed by atoms with Gasteiger partial charge in [-0.15, -0.1) is 0 Å². The lowest BCUT2D eigenvalue weighted by Gasteiger charge is -2.24. The van der Waals surface area contributed by atoms with Crippen molar-refractivity contribution in [1.29, 1.82) is 0 Å². The summed E-state index contributed by atoms with van der Waals surface area (Å²) >= 11 is 0. The quantitative estimate of drug-likeness (QED) is 0.810. The molecule has 0 aliphatic carbocycles. The van der Waals surface area contributed by atoms with Crippen molar-refractivity contribution in [2.24, 2.45) is 11.7 Å². The summed E-state index contributed by atoms with van der Waals surface area (Å²) in [5.41, 5.74) is 6.45. The number of carboxylic acid groups (broad SMARTS) is 1. The third kappa shape index (κ3) is 4.85. The van der Waals surface area contributed by atoms with Gasteiger partial charge < -0.3 is 25.2 Å². The molecule has 1 fully saturated rings. The highest BCUT2D eigenvalue weighted by atomic mass is 16.5. The van der Waals surface area contributed by atoms with Crippen LogP contribution >= 0.6 is 0 Å². The first-order valence-corrected chi connectivity index (χ1v) is 8.63. The average Bonchev–Trinajstić information content (AvgIpc) is 2.78. The molecule has 0 aromatic heterocycles. The van der Waals surface area contributed by atoms with Crippen LogP contribution in [0.3, 0.4) is 0 Å². The van der Waals surface area contributed by atoms with E-state index in [4.69, 9.17) is 15.2 Å². The molecule has 1 aliphatic rings. The van der Waals surface area contributed by atoms with E-state index in [1.165, 1.54) is 4.90 Å². The van der Waals surface area contributed by atoms with E-state index in [9.17, 15) is 14.7 Å². The summed E-state index contributed by atoms with van der Waals surface area (Å²) < 4.78 is 11.1. The molecule has 1 heterocycles. The van der Waals surface area contributed by atoms with Crippen LogP contribution in [0.5, 0.6) is 11.5 Å². The average molecular weight is 350 g/mol. The standard InChI is InChI=1S/C18H26N2O5/c1-3-24-15-8-6-12(9-16(15)25-4-2)17(21)20-10-13(18(22)23)5-7-14(19)11-20/h6,8-9,13-14H,3-5,7,10-11,19H2,1-2H3,(H,22,23)/t13-,14+/m0/s1. The van der Waals surface area contributed by atoms with Crippen molar-refractivity contribution in [1.82, 2.24) is 4.90 Å². The van der Waals surface area contributed by atoms with Crippen LogP contribution in [0, 0.1) is 5.92 Å². The summed E-state index contributed by atoms with van der Waals surface area (Å²) in [7, 11) is 0. The predicted molar refractivity (Wildman–Crippen MR) is 93.0 cm³/mol. The minimum absolute atomic E-state index is 0.166. The topological polar surface area (TPSA) is 102 Å². The van der Waals surface area contributed by atoms with E-state index in [-0.39, 0.29) is 18.5 Å². The Bertz CT molecular complexity index is 619. The zero-order valence-corrected chi connectivity index (χ0v) is 14.7. The summed E-state index contributed by atoms with van der Waals surface area (Å²) in [6.45, 7) is 5.19. The molecule has 0 bridgehead atoms. The first-order valence-electron chi connectivity index (χ1n) is 8.63. The second kappa shape index (κ2) is 8.71. The maximum Gasteiger partial charge on any atom is 0.308 e. The molecule has 0 unspecified atom stereocenters. The van der Waals surface area contributed by atoms with Crippen molar-refractivity contribution < 1.29 is 24.2 Å². The Morgan fingerprint density at radius 1 is 1.16 bits per heavy atom. The minimum atomic E-state index is -0.895. The van der Waals surface area contributed by atoms with Crippen LogP contribution < -0.4 is 15.2 Å². The molecule has 2 rings (SSSR count). The molecule has 1 aromatic rings. The van der Waals surface area contributed by atoms with Crippen molar-refractivity contribution in [3.63, 3.8) is 0 Å². The van der Waals surface area contributed by atoms with Crippen LogP contribution in [0.2, 0.25) is 0 Å². The smallest absolute Gasteiger partial charge is 0.308 e. The van der Waals surface area contributed by atoms with E-state index in [0.717, 1.165) is 0 Å². The van der Waals surface area contributed by atoms with Gasteiger partial charge in [-0.1, -0.05) is 0 Å². The zero-order chi connectivity index (χ0) is 18.4. The largest absolute Gasteiger partial charge is 0.490 e. The molecular formula is C18H26N2O5. The Balaban J connectivity index is 2.25. The number of ether oxygens (including phenoxy) is 2. The number of nitrogens with zero attached hydrogens (tertiary/aromatic N) is 1. The van der Waals surface area contributed by atoms with Crippen LogP contribution in [0.1, 0.15) is 37.0 Å². The van der Waals surface area contributed by atoms with Crippen LogP contribution in [0.15, 0.2) is 18.2 Å². The molecule has 3 N–H and O–H groups in total. The van der Waals surface area contributed by atoms with Gasteiger partial charge in [0.1, 0.15) is 0 Å². The van der Waals surface area contributed by atoms with E-state index in [1.54, 1.807) is 18.2 Å². The Hall–Kier alpha value is -2.28. The summed E-state index contributed by atoms with van der Waals surface area (Å²) in [6, 6.07) is 4.79. The molecule has 25 heavy (non-hydrogen) atoms.